The fraction of sp³-hybridized carbons (Fsp3) is 0.538. The minimum Gasteiger partial charge on any atom is -0.359 e. The summed E-state index contributed by atoms with van der Waals surface area (Å²) in [5, 5.41) is 17.9. The number of nitrogens with zero attached hydrogens (tertiary/aromatic N) is 3. The van der Waals surface area contributed by atoms with E-state index in [1.807, 2.05) is 13.8 Å². The minimum atomic E-state index is -0.264. The van der Waals surface area contributed by atoms with Gasteiger partial charge in [0.25, 0.3) is 5.91 Å². The molecule has 2 aromatic rings. The second kappa shape index (κ2) is 6.07. The molecule has 0 saturated carbocycles. The van der Waals surface area contributed by atoms with E-state index in [-0.39, 0.29) is 17.4 Å². The molecule has 0 saturated heterocycles. The number of carbonyl (C=O) groups is 1. The zero-order valence-electron chi connectivity index (χ0n) is 12.7. The third-order valence-corrected chi connectivity index (χ3v) is 4.47. The largest absolute Gasteiger partial charge is 0.359 e. The highest BCUT2D eigenvalue weighted by Crippen LogP contribution is 2.28. The minimum absolute atomic E-state index is 0.0738. The molecule has 0 fully saturated rings. The van der Waals surface area contributed by atoms with Gasteiger partial charge in [0.2, 0.25) is 5.13 Å². The fourth-order valence-electron chi connectivity index (χ4n) is 1.43. The van der Waals surface area contributed by atoms with Crippen LogP contribution < -0.4 is 10.6 Å². The summed E-state index contributed by atoms with van der Waals surface area (Å²) in [7, 11) is 0. The Labute approximate surface area is 132 Å². The van der Waals surface area contributed by atoms with Gasteiger partial charge in [0.05, 0.1) is 0 Å². The first kappa shape index (κ1) is 15.8. The number of hydrogen-bond donors (Lipinski definition) is 2. The van der Waals surface area contributed by atoms with Crippen molar-refractivity contribution in [2.75, 3.05) is 10.6 Å². The van der Waals surface area contributed by atoms with E-state index in [9.17, 15) is 4.79 Å². The zero-order chi connectivity index (χ0) is 15.6. The van der Waals surface area contributed by atoms with Crippen molar-refractivity contribution in [3.8, 4) is 0 Å². The van der Waals surface area contributed by atoms with Gasteiger partial charge in [-0.15, -0.1) is 21.5 Å². The van der Waals surface area contributed by atoms with Gasteiger partial charge in [0, 0.05) is 16.8 Å². The lowest BCUT2D eigenvalue weighted by Gasteiger charge is -2.12. The van der Waals surface area contributed by atoms with Crippen LogP contribution >= 0.6 is 22.7 Å². The Morgan fingerprint density at radius 1 is 1.24 bits per heavy atom. The summed E-state index contributed by atoms with van der Waals surface area (Å²) in [6.45, 7) is 10.2. The summed E-state index contributed by atoms with van der Waals surface area (Å²) >= 11 is 2.80. The number of aromatic nitrogens is 3. The van der Waals surface area contributed by atoms with Gasteiger partial charge in [-0.05, 0) is 13.8 Å². The molecule has 0 spiro atoms. The first-order valence-electron chi connectivity index (χ1n) is 6.63. The van der Waals surface area contributed by atoms with Crippen molar-refractivity contribution in [1.29, 1.82) is 0 Å². The van der Waals surface area contributed by atoms with Crippen LogP contribution in [-0.2, 0) is 5.41 Å². The average Bonchev–Trinajstić information content (AvgIpc) is 2.96. The van der Waals surface area contributed by atoms with Crippen LogP contribution in [0, 0.1) is 0 Å². The topological polar surface area (TPSA) is 79.8 Å². The smallest absolute Gasteiger partial charge is 0.277 e. The van der Waals surface area contributed by atoms with Crippen LogP contribution in [0.1, 0.15) is 50.1 Å². The summed E-state index contributed by atoms with van der Waals surface area (Å²) in [5.74, 6) is -0.264. The number of carbonyl (C=O) groups excluding carboxylic acids is 1. The van der Waals surface area contributed by atoms with Gasteiger partial charge < -0.3 is 5.32 Å². The Kier molecular flexibility index (Phi) is 4.58. The Balaban J connectivity index is 2.04. The first-order valence-corrected chi connectivity index (χ1v) is 8.32. The SMILES string of the molecule is CC(C)Nc1nc(C(=O)Nc2nnc(C(C)(C)C)s2)cs1. The molecule has 0 atom stereocenters. The Hall–Kier alpha value is -1.54. The highest BCUT2D eigenvalue weighted by Gasteiger charge is 2.20. The molecule has 8 heteroatoms. The maximum Gasteiger partial charge on any atom is 0.277 e. The van der Waals surface area contributed by atoms with Crippen molar-refractivity contribution in [1.82, 2.24) is 15.2 Å². The van der Waals surface area contributed by atoms with Crippen molar-refractivity contribution in [3.63, 3.8) is 0 Å². The predicted octanol–water partition coefficient (Wildman–Crippen LogP) is 3.36. The quantitative estimate of drug-likeness (QED) is 0.901. The van der Waals surface area contributed by atoms with Crippen LogP contribution in [0.3, 0.4) is 0 Å². The van der Waals surface area contributed by atoms with Gasteiger partial charge in [-0.2, -0.15) is 0 Å². The molecule has 0 unspecified atom stereocenters. The van der Waals surface area contributed by atoms with Crippen LogP contribution in [-0.4, -0.2) is 27.1 Å². The summed E-state index contributed by atoms with van der Waals surface area (Å²) in [6, 6.07) is 0.282. The molecule has 0 aliphatic carbocycles. The van der Waals surface area contributed by atoms with E-state index in [4.69, 9.17) is 0 Å². The molecule has 2 N–H and O–H groups in total. The first-order chi connectivity index (χ1) is 9.75. The molecule has 2 rings (SSSR count). The van der Waals surface area contributed by atoms with E-state index in [2.05, 4.69) is 46.6 Å². The summed E-state index contributed by atoms with van der Waals surface area (Å²) in [6.07, 6.45) is 0. The molecule has 6 nitrogen and oxygen atoms in total. The van der Waals surface area contributed by atoms with Gasteiger partial charge >= 0.3 is 0 Å². The number of thiazole rings is 1. The lowest BCUT2D eigenvalue weighted by Crippen LogP contribution is -2.13. The normalized spacial score (nSPS) is 11.7. The van der Waals surface area contributed by atoms with Crippen molar-refractivity contribution >= 4 is 38.8 Å². The third-order valence-electron chi connectivity index (χ3n) is 2.44. The maximum absolute atomic E-state index is 12.1. The Morgan fingerprint density at radius 2 is 1.95 bits per heavy atom. The van der Waals surface area contributed by atoms with E-state index in [0.717, 1.165) is 10.1 Å². The van der Waals surface area contributed by atoms with E-state index in [0.29, 0.717) is 10.8 Å². The molecular formula is C13H19N5OS2. The molecular weight excluding hydrogens is 306 g/mol. The van der Waals surface area contributed by atoms with E-state index < -0.39 is 0 Å². The maximum atomic E-state index is 12.1. The summed E-state index contributed by atoms with van der Waals surface area (Å²) in [4.78, 5) is 16.4. The average molecular weight is 325 g/mol. The van der Waals surface area contributed by atoms with Gasteiger partial charge in [-0.1, -0.05) is 32.1 Å². The van der Waals surface area contributed by atoms with Gasteiger partial charge in [0.15, 0.2) is 5.13 Å². The zero-order valence-corrected chi connectivity index (χ0v) is 14.4. The summed E-state index contributed by atoms with van der Waals surface area (Å²) < 4.78 is 0. The number of rotatable bonds is 4. The number of anilines is 2. The molecule has 0 aliphatic rings. The molecule has 2 heterocycles. The number of amides is 1. The summed E-state index contributed by atoms with van der Waals surface area (Å²) in [5.41, 5.74) is 0.311. The van der Waals surface area contributed by atoms with Crippen molar-refractivity contribution in [2.24, 2.45) is 0 Å². The number of hydrogen-bond acceptors (Lipinski definition) is 7. The molecule has 0 bridgehead atoms. The Morgan fingerprint density at radius 3 is 2.52 bits per heavy atom. The molecule has 1 amide bonds. The van der Waals surface area contributed by atoms with Crippen molar-refractivity contribution in [2.45, 2.75) is 46.1 Å². The van der Waals surface area contributed by atoms with Crippen LogP contribution in [0.25, 0.3) is 0 Å². The van der Waals surface area contributed by atoms with E-state index in [1.54, 1.807) is 5.38 Å². The molecule has 114 valence electrons. The number of nitrogens with one attached hydrogen (secondary N) is 2. The monoisotopic (exact) mass is 325 g/mol. The Bertz CT molecular complexity index is 627. The third kappa shape index (κ3) is 4.21. The molecule has 0 aromatic carbocycles. The molecule has 2 aromatic heterocycles. The fourth-order valence-corrected chi connectivity index (χ4v) is 3.06. The van der Waals surface area contributed by atoms with Crippen LogP contribution in [0.2, 0.25) is 0 Å². The van der Waals surface area contributed by atoms with Gasteiger partial charge in [-0.25, -0.2) is 4.98 Å². The second-order valence-corrected chi connectivity index (χ2v) is 7.79. The van der Waals surface area contributed by atoms with Crippen molar-refractivity contribution < 1.29 is 4.79 Å². The lowest BCUT2D eigenvalue weighted by molar-refractivity contribution is 0.102. The van der Waals surface area contributed by atoms with E-state index in [1.165, 1.54) is 22.7 Å². The van der Waals surface area contributed by atoms with Crippen LogP contribution in [0.4, 0.5) is 10.3 Å². The van der Waals surface area contributed by atoms with Crippen LogP contribution in [0.15, 0.2) is 5.38 Å². The van der Waals surface area contributed by atoms with E-state index >= 15 is 0 Å². The van der Waals surface area contributed by atoms with Crippen LogP contribution in [0.5, 0.6) is 0 Å². The molecule has 21 heavy (non-hydrogen) atoms. The lowest BCUT2D eigenvalue weighted by atomic mass is 9.98. The predicted molar refractivity (Wildman–Crippen MR) is 87.4 cm³/mol. The van der Waals surface area contributed by atoms with Crippen molar-refractivity contribution in [3.05, 3.63) is 16.1 Å². The standard InChI is InChI=1S/C13H19N5OS2/c1-7(2)14-11-15-8(6-20-11)9(19)16-12-18-17-10(21-12)13(3,4)5/h6-7H,1-5H3,(H,14,15)(H,16,18,19). The highest BCUT2D eigenvalue weighted by atomic mass is 32.1. The molecule has 0 aliphatic heterocycles. The highest BCUT2D eigenvalue weighted by molar-refractivity contribution is 7.15. The van der Waals surface area contributed by atoms with Gasteiger partial charge in [-0.3, -0.25) is 10.1 Å². The molecule has 0 radical (unpaired) electrons. The van der Waals surface area contributed by atoms with Gasteiger partial charge in [0.1, 0.15) is 10.7 Å². The second-order valence-electron chi connectivity index (χ2n) is 5.95.